The SMILES string of the molecule is Cc1cc(C(=O)O[C@H](C)c2nnc(-c3ccc(F)cc3)o2)c(C)n1Cc1ccco1. The summed E-state index contributed by atoms with van der Waals surface area (Å²) in [4.78, 5) is 12.7. The molecular formula is C22H20FN3O4. The fourth-order valence-electron chi connectivity index (χ4n) is 3.19. The predicted molar refractivity (Wildman–Crippen MR) is 105 cm³/mol. The number of esters is 1. The van der Waals surface area contributed by atoms with Crippen molar-refractivity contribution in [1.82, 2.24) is 14.8 Å². The number of aromatic nitrogens is 3. The van der Waals surface area contributed by atoms with Crippen LogP contribution in [0.4, 0.5) is 4.39 Å². The van der Waals surface area contributed by atoms with Gasteiger partial charge in [-0.2, -0.15) is 0 Å². The molecule has 0 bridgehead atoms. The number of rotatable bonds is 6. The van der Waals surface area contributed by atoms with Gasteiger partial charge < -0.3 is 18.1 Å². The van der Waals surface area contributed by atoms with E-state index in [0.717, 1.165) is 17.1 Å². The Morgan fingerprint density at radius 3 is 2.67 bits per heavy atom. The van der Waals surface area contributed by atoms with Crippen molar-refractivity contribution in [3.63, 3.8) is 0 Å². The largest absolute Gasteiger partial charge is 0.467 e. The van der Waals surface area contributed by atoms with Gasteiger partial charge in [-0.1, -0.05) is 0 Å². The summed E-state index contributed by atoms with van der Waals surface area (Å²) in [5.74, 6) is 0.342. The second-order valence-electron chi connectivity index (χ2n) is 6.95. The second-order valence-corrected chi connectivity index (χ2v) is 6.95. The lowest BCUT2D eigenvalue weighted by Gasteiger charge is -2.10. The van der Waals surface area contributed by atoms with E-state index in [1.54, 1.807) is 19.3 Å². The van der Waals surface area contributed by atoms with E-state index in [1.165, 1.54) is 24.3 Å². The zero-order valence-electron chi connectivity index (χ0n) is 16.8. The van der Waals surface area contributed by atoms with E-state index in [-0.39, 0.29) is 17.6 Å². The number of carbonyl (C=O) groups is 1. The molecule has 4 rings (SSSR count). The maximum absolute atomic E-state index is 13.1. The van der Waals surface area contributed by atoms with Gasteiger partial charge in [0.05, 0.1) is 18.4 Å². The van der Waals surface area contributed by atoms with Crippen molar-refractivity contribution in [2.75, 3.05) is 0 Å². The summed E-state index contributed by atoms with van der Waals surface area (Å²) in [7, 11) is 0. The molecule has 0 N–H and O–H groups in total. The van der Waals surface area contributed by atoms with Crippen molar-refractivity contribution in [1.29, 1.82) is 0 Å². The summed E-state index contributed by atoms with van der Waals surface area (Å²) in [6, 6.07) is 11.2. The average molecular weight is 409 g/mol. The fourth-order valence-corrected chi connectivity index (χ4v) is 3.19. The minimum absolute atomic E-state index is 0.159. The Kier molecular flexibility index (Phi) is 5.22. The van der Waals surface area contributed by atoms with Crippen LogP contribution < -0.4 is 0 Å². The summed E-state index contributed by atoms with van der Waals surface area (Å²) >= 11 is 0. The first kappa shape index (κ1) is 19.6. The molecule has 8 heteroatoms. The highest BCUT2D eigenvalue weighted by molar-refractivity contribution is 5.91. The van der Waals surface area contributed by atoms with Crippen LogP contribution in [0.25, 0.3) is 11.5 Å². The van der Waals surface area contributed by atoms with E-state index in [2.05, 4.69) is 10.2 Å². The molecule has 0 unspecified atom stereocenters. The molecule has 1 atom stereocenters. The van der Waals surface area contributed by atoms with Crippen LogP contribution in [-0.4, -0.2) is 20.7 Å². The molecule has 3 heterocycles. The Bertz CT molecular complexity index is 1160. The van der Waals surface area contributed by atoms with Crippen molar-refractivity contribution in [3.8, 4) is 11.5 Å². The number of carbonyl (C=O) groups excluding carboxylic acids is 1. The highest BCUT2D eigenvalue weighted by Crippen LogP contribution is 2.25. The predicted octanol–water partition coefficient (Wildman–Crippen LogP) is 4.85. The van der Waals surface area contributed by atoms with Crippen LogP contribution in [0.1, 0.15) is 46.4 Å². The lowest BCUT2D eigenvalue weighted by molar-refractivity contribution is 0.0279. The summed E-state index contributed by atoms with van der Waals surface area (Å²) < 4.78 is 31.6. The molecule has 0 aliphatic rings. The van der Waals surface area contributed by atoms with Gasteiger partial charge in [0.2, 0.25) is 5.89 Å². The molecule has 0 radical (unpaired) electrons. The summed E-state index contributed by atoms with van der Waals surface area (Å²) in [5.41, 5.74) is 2.73. The molecule has 0 aliphatic carbocycles. The van der Waals surface area contributed by atoms with Gasteiger partial charge in [0.1, 0.15) is 11.6 Å². The lowest BCUT2D eigenvalue weighted by atomic mass is 10.2. The van der Waals surface area contributed by atoms with Crippen molar-refractivity contribution < 1.29 is 22.8 Å². The molecule has 0 saturated carbocycles. The number of furan rings is 1. The quantitative estimate of drug-likeness (QED) is 0.423. The van der Waals surface area contributed by atoms with Crippen LogP contribution in [0.2, 0.25) is 0 Å². The van der Waals surface area contributed by atoms with E-state index in [9.17, 15) is 9.18 Å². The molecule has 0 amide bonds. The maximum atomic E-state index is 13.1. The van der Waals surface area contributed by atoms with Gasteiger partial charge in [0.25, 0.3) is 5.89 Å². The van der Waals surface area contributed by atoms with Crippen LogP contribution in [0.5, 0.6) is 0 Å². The molecule has 0 fully saturated rings. The minimum atomic E-state index is -0.743. The number of halogens is 1. The van der Waals surface area contributed by atoms with Crippen LogP contribution in [0.3, 0.4) is 0 Å². The Balaban J connectivity index is 1.48. The summed E-state index contributed by atoms with van der Waals surface area (Å²) in [5, 5.41) is 7.90. The van der Waals surface area contributed by atoms with Crippen molar-refractivity contribution in [2.45, 2.75) is 33.4 Å². The zero-order chi connectivity index (χ0) is 21.3. The number of nitrogens with zero attached hydrogens (tertiary/aromatic N) is 3. The van der Waals surface area contributed by atoms with Gasteiger partial charge in [-0.05, 0) is 63.2 Å². The zero-order valence-corrected chi connectivity index (χ0v) is 16.8. The Morgan fingerprint density at radius 1 is 1.20 bits per heavy atom. The van der Waals surface area contributed by atoms with E-state index in [1.807, 2.05) is 30.5 Å². The number of aryl methyl sites for hydroxylation is 1. The van der Waals surface area contributed by atoms with Crippen LogP contribution in [0.15, 0.2) is 57.6 Å². The van der Waals surface area contributed by atoms with Gasteiger partial charge in [0, 0.05) is 17.0 Å². The second kappa shape index (κ2) is 7.98. The third-order valence-electron chi connectivity index (χ3n) is 4.85. The monoisotopic (exact) mass is 409 g/mol. The van der Waals surface area contributed by atoms with Crippen LogP contribution in [0, 0.1) is 19.7 Å². The first-order valence-corrected chi connectivity index (χ1v) is 9.42. The van der Waals surface area contributed by atoms with Gasteiger partial charge in [-0.25, -0.2) is 9.18 Å². The Morgan fingerprint density at radius 2 is 1.97 bits per heavy atom. The van der Waals surface area contributed by atoms with Gasteiger partial charge >= 0.3 is 5.97 Å². The normalized spacial score (nSPS) is 12.1. The third-order valence-corrected chi connectivity index (χ3v) is 4.85. The van der Waals surface area contributed by atoms with Gasteiger partial charge in [-0.15, -0.1) is 10.2 Å². The van der Waals surface area contributed by atoms with E-state index >= 15 is 0 Å². The fraction of sp³-hybridized carbons (Fsp3) is 0.227. The molecule has 154 valence electrons. The lowest BCUT2D eigenvalue weighted by Crippen LogP contribution is -2.11. The van der Waals surface area contributed by atoms with Crippen LogP contribution >= 0.6 is 0 Å². The first-order chi connectivity index (χ1) is 14.4. The molecule has 0 saturated heterocycles. The molecule has 0 aliphatic heterocycles. The van der Waals surface area contributed by atoms with Gasteiger partial charge in [0.15, 0.2) is 6.10 Å². The molecule has 3 aromatic heterocycles. The van der Waals surface area contributed by atoms with E-state index in [4.69, 9.17) is 13.6 Å². The number of hydrogen-bond donors (Lipinski definition) is 0. The minimum Gasteiger partial charge on any atom is -0.467 e. The number of hydrogen-bond acceptors (Lipinski definition) is 6. The van der Waals surface area contributed by atoms with E-state index in [0.29, 0.717) is 17.7 Å². The van der Waals surface area contributed by atoms with Crippen LogP contribution in [-0.2, 0) is 11.3 Å². The first-order valence-electron chi connectivity index (χ1n) is 9.42. The maximum Gasteiger partial charge on any atom is 0.340 e. The summed E-state index contributed by atoms with van der Waals surface area (Å²) in [6.07, 6.45) is 0.873. The molecular weight excluding hydrogens is 389 g/mol. The Labute approximate surface area is 172 Å². The summed E-state index contributed by atoms with van der Waals surface area (Å²) in [6.45, 7) is 5.96. The van der Waals surface area contributed by atoms with Crippen molar-refractivity contribution >= 4 is 5.97 Å². The third kappa shape index (κ3) is 3.89. The molecule has 0 spiro atoms. The van der Waals surface area contributed by atoms with E-state index < -0.39 is 12.1 Å². The topological polar surface area (TPSA) is 83.3 Å². The van der Waals surface area contributed by atoms with Crippen molar-refractivity contribution in [2.24, 2.45) is 0 Å². The Hall–Kier alpha value is -3.68. The smallest absolute Gasteiger partial charge is 0.340 e. The molecule has 7 nitrogen and oxygen atoms in total. The number of ether oxygens (including phenoxy) is 1. The highest BCUT2D eigenvalue weighted by Gasteiger charge is 2.23. The number of benzene rings is 1. The van der Waals surface area contributed by atoms with Crippen molar-refractivity contribution in [3.05, 3.63) is 83.1 Å². The molecule has 30 heavy (non-hydrogen) atoms. The standard InChI is InChI=1S/C22H20FN3O4/c1-13-11-19(14(2)26(13)12-18-5-4-10-28-18)22(27)29-15(3)20-24-25-21(30-20)16-6-8-17(23)9-7-16/h4-11,15H,12H2,1-3H3/t15-/m1/s1. The van der Waals surface area contributed by atoms with Gasteiger partial charge in [-0.3, -0.25) is 0 Å². The molecule has 4 aromatic rings. The average Bonchev–Trinajstić information content (AvgIpc) is 3.46. The highest BCUT2D eigenvalue weighted by atomic mass is 19.1. The molecule has 1 aromatic carbocycles.